The van der Waals surface area contributed by atoms with E-state index in [1.165, 1.54) is 24.1 Å². The van der Waals surface area contributed by atoms with Gasteiger partial charge in [-0.25, -0.2) is 9.78 Å². The number of alkyl halides is 3. The summed E-state index contributed by atoms with van der Waals surface area (Å²) < 4.78 is 41.2. The number of hydrogen-bond acceptors (Lipinski definition) is 6. The molecule has 28 heavy (non-hydrogen) atoms. The van der Waals surface area contributed by atoms with E-state index in [0.717, 1.165) is 17.4 Å². The summed E-state index contributed by atoms with van der Waals surface area (Å²) in [6.45, 7) is 2.39. The number of hydrogen-bond donors (Lipinski definition) is 2. The molecule has 0 saturated carbocycles. The van der Waals surface area contributed by atoms with Gasteiger partial charge in [0, 0.05) is 39.3 Å². The molecule has 2 N–H and O–H groups in total. The summed E-state index contributed by atoms with van der Waals surface area (Å²) in [4.78, 5) is 31.6. The molecule has 1 aromatic heterocycles. The van der Waals surface area contributed by atoms with Crippen LogP contribution in [0.3, 0.4) is 0 Å². The third-order valence-corrected chi connectivity index (χ3v) is 4.87. The maximum absolute atomic E-state index is 12.3. The lowest BCUT2D eigenvalue weighted by atomic mass is 10.3. The van der Waals surface area contributed by atoms with Gasteiger partial charge in [0.25, 0.3) is 0 Å². The minimum atomic E-state index is -4.78. The standard InChI is InChI=1S/C16H18F3N5O3S/c1-23(15(26)24-6-4-20-5-7-24)9-13(25)22-14-21-11-3-2-10(8-12(11)28-14)27-16(17,18)19/h2-3,8,20H,4-7,9H2,1H3,(H,21,22,25). The molecule has 0 bridgehead atoms. The lowest BCUT2D eigenvalue weighted by Crippen LogP contribution is -2.51. The van der Waals surface area contributed by atoms with Crippen molar-refractivity contribution in [2.75, 3.05) is 45.1 Å². The molecular weight excluding hydrogens is 399 g/mol. The van der Waals surface area contributed by atoms with Crippen molar-refractivity contribution in [3.05, 3.63) is 18.2 Å². The Bertz CT molecular complexity index is 867. The lowest BCUT2D eigenvalue weighted by molar-refractivity contribution is -0.274. The summed E-state index contributed by atoms with van der Waals surface area (Å²) in [6.07, 6.45) is -4.78. The molecule has 1 aromatic carbocycles. The number of nitrogens with zero attached hydrogens (tertiary/aromatic N) is 3. The molecule has 0 radical (unpaired) electrons. The fraction of sp³-hybridized carbons (Fsp3) is 0.438. The zero-order chi connectivity index (χ0) is 20.3. The van der Waals surface area contributed by atoms with E-state index in [4.69, 9.17) is 0 Å². The Kier molecular flexibility index (Phi) is 5.89. The fourth-order valence-corrected chi connectivity index (χ4v) is 3.61. The van der Waals surface area contributed by atoms with Crippen molar-refractivity contribution < 1.29 is 27.5 Å². The second kappa shape index (κ2) is 8.19. The highest BCUT2D eigenvalue weighted by Gasteiger charge is 2.31. The summed E-state index contributed by atoms with van der Waals surface area (Å²) >= 11 is 1.02. The SMILES string of the molecule is CN(CC(=O)Nc1nc2ccc(OC(F)(F)F)cc2s1)C(=O)N1CCNCC1. The molecule has 3 amide bonds. The highest BCUT2D eigenvalue weighted by molar-refractivity contribution is 7.22. The highest BCUT2D eigenvalue weighted by atomic mass is 32.1. The molecule has 1 aliphatic rings. The monoisotopic (exact) mass is 417 g/mol. The first kappa shape index (κ1) is 20.1. The van der Waals surface area contributed by atoms with Crippen molar-refractivity contribution in [1.82, 2.24) is 20.1 Å². The van der Waals surface area contributed by atoms with Gasteiger partial charge in [0.15, 0.2) is 5.13 Å². The van der Waals surface area contributed by atoms with Gasteiger partial charge in [-0.2, -0.15) is 0 Å². The molecule has 0 spiro atoms. The Hall–Kier alpha value is -2.60. The molecule has 2 aromatic rings. The molecule has 12 heteroatoms. The first-order valence-corrected chi connectivity index (χ1v) is 9.20. The van der Waals surface area contributed by atoms with Crippen molar-refractivity contribution in [1.29, 1.82) is 0 Å². The van der Waals surface area contributed by atoms with Crippen molar-refractivity contribution >= 4 is 38.6 Å². The number of halogens is 3. The van der Waals surface area contributed by atoms with E-state index >= 15 is 0 Å². The van der Waals surface area contributed by atoms with Crippen LogP contribution in [0.4, 0.5) is 23.1 Å². The van der Waals surface area contributed by atoms with E-state index in [-0.39, 0.29) is 23.5 Å². The van der Waals surface area contributed by atoms with Crippen LogP contribution in [0.5, 0.6) is 5.75 Å². The molecule has 0 unspecified atom stereocenters. The van der Waals surface area contributed by atoms with E-state index in [9.17, 15) is 22.8 Å². The zero-order valence-corrected chi connectivity index (χ0v) is 15.7. The number of piperazine rings is 1. The van der Waals surface area contributed by atoms with Crippen LogP contribution in [-0.2, 0) is 4.79 Å². The zero-order valence-electron chi connectivity index (χ0n) is 14.9. The van der Waals surface area contributed by atoms with Crippen LogP contribution in [0.1, 0.15) is 0 Å². The second-order valence-electron chi connectivity index (χ2n) is 6.12. The number of carbonyl (C=O) groups excluding carboxylic acids is 2. The van der Waals surface area contributed by atoms with Crippen molar-refractivity contribution in [2.24, 2.45) is 0 Å². The van der Waals surface area contributed by atoms with Crippen LogP contribution < -0.4 is 15.4 Å². The van der Waals surface area contributed by atoms with Gasteiger partial charge in [-0.15, -0.1) is 13.2 Å². The predicted molar refractivity (Wildman–Crippen MR) is 97.4 cm³/mol. The van der Waals surface area contributed by atoms with Crippen molar-refractivity contribution in [3.8, 4) is 5.75 Å². The first-order valence-electron chi connectivity index (χ1n) is 8.38. The number of benzene rings is 1. The third-order valence-electron chi connectivity index (χ3n) is 3.93. The molecule has 1 fully saturated rings. The van der Waals surface area contributed by atoms with Crippen LogP contribution in [0.15, 0.2) is 18.2 Å². The minimum absolute atomic E-state index is 0.166. The maximum Gasteiger partial charge on any atom is 0.573 e. The van der Waals surface area contributed by atoms with Crippen molar-refractivity contribution in [2.45, 2.75) is 6.36 Å². The number of rotatable bonds is 4. The molecule has 3 rings (SSSR count). The van der Waals surface area contributed by atoms with Crippen LogP contribution in [0.25, 0.3) is 10.2 Å². The second-order valence-corrected chi connectivity index (χ2v) is 7.15. The Morgan fingerprint density at radius 3 is 2.75 bits per heavy atom. The quantitative estimate of drug-likeness (QED) is 0.796. The van der Waals surface area contributed by atoms with Gasteiger partial charge in [-0.3, -0.25) is 4.79 Å². The van der Waals surface area contributed by atoms with Gasteiger partial charge < -0.3 is 25.2 Å². The molecule has 1 saturated heterocycles. The topological polar surface area (TPSA) is 86.8 Å². The summed E-state index contributed by atoms with van der Waals surface area (Å²) in [5.74, 6) is -0.806. The van der Waals surface area contributed by atoms with Crippen LogP contribution >= 0.6 is 11.3 Å². The summed E-state index contributed by atoms with van der Waals surface area (Å²) in [6, 6.07) is 3.50. The Morgan fingerprint density at radius 2 is 2.07 bits per heavy atom. The molecule has 0 atom stereocenters. The maximum atomic E-state index is 12.3. The Labute approximate surface area is 162 Å². The normalized spacial score (nSPS) is 14.8. The third kappa shape index (κ3) is 5.23. The average molecular weight is 417 g/mol. The Morgan fingerprint density at radius 1 is 1.36 bits per heavy atom. The number of amides is 3. The number of anilines is 1. The molecule has 8 nitrogen and oxygen atoms in total. The number of urea groups is 1. The van der Waals surface area contributed by atoms with Gasteiger partial charge in [0.1, 0.15) is 12.3 Å². The molecule has 2 heterocycles. The van der Waals surface area contributed by atoms with Crippen LogP contribution in [0, 0.1) is 0 Å². The summed E-state index contributed by atoms with van der Waals surface area (Å²) in [7, 11) is 1.53. The van der Waals surface area contributed by atoms with Gasteiger partial charge in [-0.1, -0.05) is 11.3 Å². The summed E-state index contributed by atoms with van der Waals surface area (Å²) in [5.41, 5.74) is 0.431. The number of carbonyl (C=O) groups is 2. The van der Waals surface area contributed by atoms with E-state index < -0.39 is 12.3 Å². The molecule has 152 valence electrons. The first-order chi connectivity index (χ1) is 13.2. The number of aromatic nitrogens is 1. The van der Waals surface area contributed by atoms with Crippen molar-refractivity contribution in [3.63, 3.8) is 0 Å². The number of likely N-dealkylation sites (N-methyl/N-ethyl adjacent to an activating group) is 1. The minimum Gasteiger partial charge on any atom is -0.406 e. The number of nitrogens with one attached hydrogen (secondary N) is 2. The van der Waals surface area contributed by atoms with E-state index in [0.29, 0.717) is 36.4 Å². The average Bonchev–Trinajstić information content (AvgIpc) is 3.01. The predicted octanol–water partition coefficient (Wildman–Crippen LogP) is 2.09. The number of ether oxygens (including phenoxy) is 1. The fourth-order valence-electron chi connectivity index (χ4n) is 2.69. The molecule has 1 aliphatic heterocycles. The van der Waals surface area contributed by atoms with Crippen LogP contribution in [-0.4, -0.2) is 72.9 Å². The van der Waals surface area contributed by atoms with Gasteiger partial charge in [0.2, 0.25) is 5.91 Å². The van der Waals surface area contributed by atoms with E-state index in [1.807, 2.05) is 0 Å². The van der Waals surface area contributed by atoms with Gasteiger partial charge in [-0.05, 0) is 12.1 Å². The summed E-state index contributed by atoms with van der Waals surface area (Å²) in [5, 5.41) is 5.94. The van der Waals surface area contributed by atoms with E-state index in [1.54, 1.807) is 4.90 Å². The largest absolute Gasteiger partial charge is 0.573 e. The Balaban J connectivity index is 1.60. The molecular formula is C16H18F3N5O3S. The molecule has 0 aliphatic carbocycles. The van der Waals surface area contributed by atoms with E-state index in [2.05, 4.69) is 20.4 Å². The highest BCUT2D eigenvalue weighted by Crippen LogP contribution is 2.31. The van der Waals surface area contributed by atoms with Crippen LogP contribution in [0.2, 0.25) is 0 Å². The number of thiazole rings is 1. The number of fused-ring (bicyclic) bond motifs is 1. The van der Waals surface area contributed by atoms with Gasteiger partial charge >= 0.3 is 12.4 Å². The van der Waals surface area contributed by atoms with Gasteiger partial charge in [0.05, 0.1) is 10.2 Å². The lowest BCUT2D eigenvalue weighted by Gasteiger charge is -2.31. The smallest absolute Gasteiger partial charge is 0.406 e.